The van der Waals surface area contributed by atoms with Crippen molar-refractivity contribution in [1.82, 2.24) is 9.55 Å². The molecule has 0 bridgehead atoms. The number of nitrogens with zero attached hydrogens (tertiary/aromatic N) is 2. The minimum Gasteiger partial charge on any atom is -0.387 e. The number of hydrogen-bond acceptors (Lipinski definition) is 3. The topological polar surface area (TPSA) is 55.1 Å². The summed E-state index contributed by atoms with van der Waals surface area (Å²) in [6.07, 6.45) is 15.2. The highest BCUT2D eigenvalue weighted by Crippen LogP contribution is 2.63. The lowest BCUT2D eigenvalue weighted by molar-refractivity contribution is -0.129. The van der Waals surface area contributed by atoms with E-state index in [1.807, 2.05) is 10.8 Å². The Kier molecular flexibility index (Phi) is 4.73. The third-order valence-corrected chi connectivity index (χ3v) is 9.13. The zero-order chi connectivity index (χ0) is 20.2. The second kappa shape index (κ2) is 7.04. The Bertz CT molecular complexity index is 806. The number of fused-ring (bicyclic) bond motifs is 5. The summed E-state index contributed by atoms with van der Waals surface area (Å²) in [5.41, 5.74) is 0.293. The normalized spacial score (nSPS) is 43.8. The van der Waals surface area contributed by atoms with Gasteiger partial charge in [-0.15, -0.1) is 0 Å². The smallest absolute Gasteiger partial charge is 0.156 e. The zero-order valence-corrected chi connectivity index (χ0v) is 17.4. The van der Waals surface area contributed by atoms with Crippen LogP contribution in [-0.2, 0) is 11.3 Å². The van der Waals surface area contributed by atoms with Gasteiger partial charge in [-0.1, -0.05) is 18.6 Å². The molecule has 0 aromatic carbocycles. The minimum atomic E-state index is -1.13. The lowest BCUT2D eigenvalue weighted by atomic mass is 9.51. The first-order valence-corrected chi connectivity index (χ1v) is 11.4. The van der Waals surface area contributed by atoms with E-state index in [0.717, 1.165) is 32.1 Å². The van der Waals surface area contributed by atoms with Gasteiger partial charge in [0.1, 0.15) is 6.67 Å². The number of imidazole rings is 1. The molecule has 1 heterocycles. The molecule has 5 rings (SSSR count). The van der Waals surface area contributed by atoms with Crippen molar-refractivity contribution in [2.45, 2.75) is 70.4 Å². The summed E-state index contributed by atoms with van der Waals surface area (Å²) in [5.74, 6) is 2.95. The van der Waals surface area contributed by atoms with Crippen LogP contribution in [0.25, 0.3) is 0 Å². The summed E-state index contributed by atoms with van der Waals surface area (Å²) in [4.78, 5) is 17.2. The Morgan fingerprint density at radius 1 is 1.28 bits per heavy atom. The Labute approximate surface area is 172 Å². The first kappa shape index (κ1) is 19.5. The molecule has 0 spiro atoms. The standard InChI is InChI=1S/C24H33FN2O2/c1-23-8-6-18-17-7-9-24(29,14-25)12-16(17)2-3-19(18)20(23)4-5-21(23)22(28)13-27-11-10-26-15-27/h2,10-11,15,17-21,29H,3-9,12-14H2,1H3/t17-,18+,19+,20-,21+,23-,24-/m0/s1. The minimum absolute atomic E-state index is 0.110. The summed E-state index contributed by atoms with van der Waals surface area (Å²) in [7, 11) is 0. The summed E-state index contributed by atoms with van der Waals surface area (Å²) in [5, 5.41) is 10.4. The van der Waals surface area contributed by atoms with Gasteiger partial charge in [0, 0.05) is 18.3 Å². The molecule has 0 unspecified atom stereocenters. The molecule has 0 saturated heterocycles. The Morgan fingerprint density at radius 2 is 2.14 bits per heavy atom. The fourth-order valence-electron chi connectivity index (χ4n) is 7.68. The molecule has 4 aliphatic carbocycles. The zero-order valence-electron chi connectivity index (χ0n) is 17.4. The van der Waals surface area contributed by atoms with Gasteiger partial charge in [-0.25, -0.2) is 9.37 Å². The van der Waals surface area contributed by atoms with E-state index in [-0.39, 0.29) is 11.3 Å². The van der Waals surface area contributed by atoms with Crippen LogP contribution in [0.15, 0.2) is 30.4 Å². The highest BCUT2D eigenvalue weighted by atomic mass is 19.1. The van der Waals surface area contributed by atoms with E-state index < -0.39 is 12.3 Å². The van der Waals surface area contributed by atoms with E-state index in [1.54, 1.807) is 12.5 Å². The van der Waals surface area contributed by atoms with Crippen LogP contribution in [0.2, 0.25) is 0 Å². The van der Waals surface area contributed by atoms with Gasteiger partial charge in [0.05, 0.1) is 18.5 Å². The molecule has 7 atom stereocenters. The first-order chi connectivity index (χ1) is 13.9. The van der Waals surface area contributed by atoms with Crippen molar-refractivity contribution < 1.29 is 14.3 Å². The molecule has 0 aliphatic heterocycles. The Hall–Kier alpha value is -1.49. The summed E-state index contributed by atoms with van der Waals surface area (Å²) < 4.78 is 15.2. The molecule has 4 aliphatic rings. The summed E-state index contributed by atoms with van der Waals surface area (Å²) in [6, 6.07) is 0. The molecular formula is C24H33FN2O2. The van der Waals surface area contributed by atoms with Crippen LogP contribution in [0, 0.1) is 35.0 Å². The maximum atomic E-state index is 13.3. The van der Waals surface area contributed by atoms with Crippen LogP contribution in [0.3, 0.4) is 0 Å². The molecule has 5 heteroatoms. The van der Waals surface area contributed by atoms with Crippen LogP contribution >= 0.6 is 0 Å². The van der Waals surface area contributed by atoms with Crippen LogP contribution < -0.4 is 0 Å². The van der Waals surface area contributed by atoms with Crippen molar-refractivity contribution >= 4 is 5.78 Å². The van der Waals surface area contributed by atoms with Crippen LogP contribution in [0.5, 0.6) is 0 Å². The van der Waals surface area contributed by atoms with Gasteiger partial charge in [-0.3, -0.25) is 4.79 Å². The van der Waals surface area contributed by atoms with Gasteiger partial charge in [-0.05, 0) is 80.5 Å². The second-order valence-corrected chi connectivity index (χ2v) is 10.5. The maximum Gasteiger partial charge on any atom is 0.156 e. The fraction of sp³-hybridized carbons (Fsp3) is 0.750. The molecule has 1 N–H and O–H groups in total. The monoisotopic (exact) mass is 400 g/mol. The first-order valence-electron chi connectivity index (χ1n) is 11.4. The molecule has 1 aromatic heterocycles. The molecule has 1 aromatic rings. The van der Waals surface area contributed by atoms with Crippen molar-refractivity contribution in [1.29, 1.82) is 0 Å². The highest BCUT2D eigenvalue weighted by Gasteiger charge is 2.57. The number of hydrogen-bond donors (Lipinski definition) is 1. The number of carbonyl (C=O) groups is 1. The van der Waals surface area contributed by atoms with Gasteiger partial charge in [0.25, 0.3) is 0 Å². The third kappa shape index (κ3) is 3.11. The van der Waals surface area contributed by atoms with Gasteiger partial charge in [0.2, 0.25) is 0 Å². The average Bonchev–Trinajstić information content (AvgIpc) is 3.34. The molecule has 0 radical (unpaired) electrons. The predicted octanol–water partition coefficient (Wildman–Crippen LogP) is 4.34. The number of Topliss-reactive ketones (excluding diaryl/α,β-unsaturated/α-hetero) is 1. The number of aliphatic hydroxyl groups is 1. The van der Waals surface area contributed by atoms with Crippen LogP contribution in [0.1, 0.15) is 58.3 Å². The van der Waals surface area contributed by atoms with E-state index >= 15 is 0 Å². The largest absolute Gasteiger partial charge is 0.387 e. The number of carbonyl (C=O) groups excluding carboxylic acids is 1. The van der Waals surface area contributed by atoms with E-state index in [2.05, 4.69) is 18.0 Å². The highest BCUT2D eigenvalue weighted by molar-refractivity contribution is 5.82. The van der Waals surface area contributed by atoms with E-state index in [4.69, 9.17) is 0 Å². The lowest BCUT2D eigenvalue weighted by Crippen LogP contribution is -2.49. The van der Waals surface area contributed by atoms with Crippen molar-refractivity contribution in [3.05, 3.63) is 30.4 Å². The molecular weight excluding hydrogens is 367 g/mol. The van der Waals surface area contributed by atoms with Crippen molar-refractivity contribution in [2.24, 2.45) is 35.0 Å². The molecule has 158 valence electrons. The number of rotatable bonds is 4. The number of alkyl halides is 1. The third-order valence-electron chi connectivity index (χ3n) is 9.13. The fourth-order valence-corrected chi connectivity index (χ4v) is 7.68. The molecule has 0 amide bonds. The van der Waals surface area contributed by atoms with E-state index in [1.165, 1.54) is 12.0 Å². The molecule has 29 heavy (non-hydrogen) atoms. The number of aromatic nitrogens is 2. The van der Waals surface area contributed by atoms with Crippen LogP contribution in [0.4, 0.5) is 4.39 Å². The maximum absolute atomic E-state index is 13.3. The van der Waals surface area contributed by atoms with Crippen molar-refractivity contribution in [3.63, 3.8) is 0 Å². The quantitative estimate of drug-likeness (QED) is 0.765. The molecule has 4 nitrogen and oxygen atoms in total. The van der Waals surface area contributed by atoms with Gasteiger partial charge in [0.15, 0.2) is 5.78 Å². The average molecular weight is 401 g/mol. The second-order valence-electron chi connectivity index (χ2n) is 10.5. The Morgan fingerprint density at radius 3 is 2.90 bits per heavy atom. The van der Waals surface area contributed by atoms with Crippen molar-refractivity contribution in [2.75, 3.05) is 6.67 Å². The number of allylic oxidation sites excluding steroid dienone is 1. The SMILES string of the molecule is C[C@]12CC[C@H]3[C@@H](CC=C4C[C@](O)(CF)CC[C@@H]43)[C@@H]1CC[C@@H]2C(=O)Cn1ccnc1. The van der Waals surface area contributed by atoms with Crippen LogP contribution in [-0.4, -0.2) is 32.7 Å². The molecule has 3 fully saturated rings. The summed E-state index contributed by atoms with van der Waals surface area (Å²) >= 11 is 0. The predicted molar refractivity (Wildman–Crippen MR) is 109 cm³/mol. The van der Waals surface area contributed by atoms with Crippen molar-refractivity contribution in [3.8, 4) is 0 Å². The molecule has 3 saturated carbocycles. The summed E-state index contributed by atoms with van der Waals surface area (Å²) in [6.45, 7) is 2.18. The van der Waals surface area contributed by atoms with Gasteiger partial charge >= 0.3 is 0 Å². The lowest BCUT2D eigenvalue weighted by Gasteiger charge is -2.54. The number of halogens is 1. The van der Waals surface area contributed by atoms with E-state index in [9.17, 15) is 14.3 Å². The number of ketones is 1. The van der Waals surface area contributed by atoms with Gasteiger partial charge < -0.3 is 9.67 Å². The Balaban J connectivity index is 1.34. The van der Waals surface area contributed by atoms with Gasteiger partial charge in [-0.2, -0.15) is 0 Å². The van der Waals surface area contributed by atoms with E-state index in [0.29, 0.717) is 48.8 Å².